The molecule has 21 heavy (non-hydrogen) atoms. The van der Waals surface area contributed by atoms with Gasteiger partial charge in [0.05, 0.1) is 11.9 Å². The van der Waals surface area contributed by atoms with Crippen molar-refractivity contribution in [3.8, 4) is 0 Å². The molecule has 1 aliphatic heterocycles. The Hall–Kier alpha value is -1.69. The van der Waals surface area contributed by atoms with Crippen LogP contribution in [0.2, 0.25) is 0 Å². The van der Waals surface area contributed by atoms with E-state index in [4.69, 9.17) is 5.73 Å². The summed E-state index contributed by atoms with van der Waals surface area (Å²) >= 11 is 0. The highest BCUT2D eigenvalue weighted by atomic mass is 16.2. The van der Waals surface area contributed by atoms with E-state index < -0.39 is 0 Å². The molecule has 1 amide bonds. The summed E-state index contributed by atoms with van der Waals surface area (Å²) in [5, 5.41) is 0. The summed E-state index contributed by atoms with van der Waals surface area (Å²) in [6, 6.07) is 0. The molecule has 2 rings (SSSR count). The third-order valence-electron chi connectivity index (χ3n) is 3.85. The zero-order chi connectivity index (χ0) is 15.4. The number of nitrogens with two attached hydrogens (primary N) is 1. The van der Waals surface area contributed by atoms with E-state index in [2.05, 4.69) is 14.9 Å². The molecule has 0 unspecified atom stereocenters. The van der Waals surface area contributed by atoms with Gasteiger partial charge in [0.1, 0.15) is 5.82 Å². The molecule has 1 aromatic rings. The topological polar surface area (TPSA) is 75.3 Å². The van der Waals surface area contributed by atoms with Gasteiger partial charge in [0, 0.05) is 26.1 Å². The predicted molar refractivity (Wildman–Crippen MR) is 83.2 cm³/mol. The van der Waals surface area contributed by atoms with Gasteiger partial charge in [-0.3, -0.25) is 4.79 Å². The number of likely N-dealkylation sites (N-methyl/N-ethyl adjacent to an activating group) is 1. The van der Waals surface area contributed by atoms with Gasteiger partial charge in [-0.05, 0) is 25.9 Å². The van der Waals surface area contributed by atoms with Crippen molar-refractivity contribution in [2.24, 2.45) is 0 Å². The van der Waals surface area contributed by atoms with Gasteiger partial charge in [0.25, 0.3) is 5.91 Å². The van der Waals surface area contributed by atoms with E-state index in [0.717, 1.165) is 19.6 Å². The van der Waals surface area contributed by atoms with Crippen LogP contribution in [0, 0.1) is 0 Å². The zero-order valence-corrected chi connectivity index (χ0v) is 13.2. The van der Waals surface area contributed by atoms with Gasteiger partial charge in [-0.25, -0.2) is 9.97 Å². The molecule has 0 saturated carbocycles. The second kappa shape index (κ2) is 6.85. The van der Waals surface area contributed by atoms with E-state index >= 15 is 0 Å². The highest BCUT2D eigenvalue weighted by Gasteiger charge is 2.20. The van der Waals surface area contributed by atoms with Crippen molar-refractivity contribution in [1.29, 1.82) is 0 Å². The fourth-order valence-corrected chi connectivity index (χ4v) is 2.43. The van der Waals surface area contributed by atoms with Crippen LogP contribution in [-0.2, 0) is 0 Å². The average molecular weight is 291 g/mol. The Kier molecular flexibility index (Phi) is 5.12. The Balaban J connectivity index is 2.02. The Morgan fingerprint density at radius 1 is 1.43 bits per heavy atom. The normalized spacial score (nSPS) is 15.6. The zero-order valence-electron chi connectivity index (χ0n) is 13.2. The molecular formula is C15H25N5O. The molecule has 0 atom stereocenters. The van der Waals surface area contributed by atoms with E-state index in [1.807, 2.05) is 13.8 Å². The van der Waals surface area contributed by atoms with Gasteiger partial charge in [-0.15, -0.1) is 0 Å². The van der Waals surface area contributed by atoms with Gasteiger partial charge in [0.15, 0.2) is 5.69 Å². The van der Waals surface area contributed by atoms with Crippen LogP contribution in [0.3, 0.4) is 0 Å². The van der Waals surface area contributed by atoms with E-state index in [1.54, 1.807) is 11.9 Å². The van der Waals surface area contributed by atoms with Crippen molar-refractivity contribution in [1.82, 2.24) is 19.8 Å². The molecule has 6 heteroatoms. The second-order valence-electron chi connectivity index (χ2n) is 5.96. The number of nitrogens with zero attached hydrogens (tertiary/aromatic N) is 4. The fraction of sp³-hybridized carbons (Fsp3) is 0.667. The van der Waals surface area contributed by atoms with Crippen molar-refractivity contribution in [3.05, 3.63) is 17.7 Å². The smallest absolute Gasteiger partial charge is 0.274 e. The number of carbonyl (C=O) groups excluding carboxylic acids is 1. The molecule has 1 fully saturated rings. The predicted octanol–water partition coefficient (Wildman–Crippen LogP) is 1.35. The van der Waals surface area contributed by atoms with Crippen LogP contribution in [0.25, 0.3) is 0 Å². The fourth-order valence-electron chi connectivity index (χ4n) is 2.43. The van der Waals surface area contributed by atoms with Crippen LogP contribution in [0.4, 0.5) is 5.69 Å². The first kappa shape index (κ1) is 15.7. The van der Waals surface area contributed by atoms with Gasteiger partial charge < -0.3 is 15.5 Å². The summed E-state index contributed by atoms with van der Waals surface area (Å²) in [7, 11) is 1.80. The van der Waals surface area contributed by atoms with Crippen LogP contribution in [0.1, 0.15) is 48.9 Å². The monoisotopic (exact) mass is 291 g/mol. The molecular weight excluding hydrogens is 266 g/mol. The molecule has 1 aromatic heterocycles. The highest BCUT2D eigenvalue weighted by molar-refractivity contribution is 5.96. The van der Waals surface area contributed by atoms with Crippen LogP contribution in [0.5, 0.6) is 0 Å². The largest absolute Gasteiger partial charge is 0.396 e. The summed E-state index contributed by atoms with van der Waals surface area (Å²) in [6.07, 6.45) is 4.05. The van der Waals surface area contributed by atoms with Gasteiger partial charge in [-0.1, -0.05) is 13.8 Å². The molecule has 6 nitrogen and oxygen atoms in total. The molecule has 0 aromatic carbocycles. The SMILES string of the molecule is CC(C)c1ncc(N)c(C(=O)N(C)CCN2CCCC2)n1. The number of nitrogen functional groups attached to an aromatic ring is 1. The summed E-state index contributed by atoms with van der Waals surface area (Å²) in [4.78, 5) is 25.1. The number of hydrogen-bond donors (Lipinski definition) is 1. The number of aromatic nitrogens is 2. The molecule has 116 valence electrons. The molecule has 0 aliphatic carbocycles. The third kappa shape index (κ3) is 3.91. The first-order valence-electron chi connectivity index (χ1n) is 7.59. The molecule has 0 radical (unpaired) electrons. The molecule has 0 spiro atoms. The highest BCUT2D eigenvalue weighted by Crippen LogP contribution is 2.15. The lowest BCUT2D eigenvalue weighted by molar-refractivity contribution is 0.0777. The molecule has 0 bridgehead atoms. The number of likely N-dealkylation sites (tertiary alicyclic amines) is 1. The lowest BCUT2D eigenvalue weighted by Crippen LogP contribution is -2.36. The summed E-state index contributed by atoms with van der Waals surface area (Å²) in [5.41, 5.74) is 6.53. The third-order valence-corrected chi connectivity index (χ3v) is 3.85. The Labute approximate surface area is 126 Å². The van der Waals surface area contributed by atoms with Gasteiger partial charge >= 0.3 is 0 Å². The van der Waals surface area contributed by atoms with E-state index in [-0.39, 0.29) is 11.8 Å². The summed E-state index contributed by atoms with van der Waals surface area (Å²) < 4.78 is 0. The summed E-state index contributed by atoms with van der Waals surface area (Å²) in [5.74, 6) is 0.698. The number of rotatable bonds is 5. The standard InChI is InChI=1S/C15H25N5O/c1-11(2)14-17-10-12(16)13(18-14)15(21)19(3)8-9-20-6-4-5-7-20/h10-11H,4-9,16H2,1-3H3. The van der Waals surface area contributed by atoms with Crippen molar-refractivity contribution < 1.29 is 4.79 Å². The number of hydrogen-bond acceptors (Lipinski definition) is 5. The van der Waals surface area contributed by atoms with Crippen molar-refractivity contribution in [2.45, 2.75) is 32.6 Å². The lowest BCUT2D eigenvalue weighted by Gasteiger charge is -2.22. The number of anilines is 1. The average Bonchev–Trinajstić information content (AvgIpc) is 2.97. The quantitative estimate of drug-likeness (QED) is 0.886. The number of carbonyl (C=O) groups is 1. The van der Waals surface area contributed by atoms with Crippen LogP contribution >= 0.6 is 0 Å². The molecule has 1 aliphatic rings. The number of amides is 1. The van der Waals surface area contributed by atoms with Crippen molar-refractivity contribution >= 4 is 11.6 Å². The maximum absolute atomic E-state index is 12.5. The maximum atomic E-state index is 12.5. The van der Waals surface area contributed by atoms with E-state index in [9.17, 15) is 4.79 Å². The Morgan fingerprint density at radius 2 is 2.10 bits per heavy atom. The van der Waals surface area contributed by atoms with Crippen LogP contribution in [0.15, 0.2) is 6.20 Å². The minimum Gasteiger partial charge on any atom is -0.396 e. The van der Waals surface area contributed by atoms with Gasteiger partial charge in [-0.2, -0.15) is 0 Å². The minimum absolute atomic E-state index is 0.129. The first-order valence-corrected chi connectivity index (χ1v) is 7.59. The lowest BCUT2D eigenvalue weighted by atomic mass is 10.2. The van der Waals surface area contributed by atoms with E-state index in [1.165, 1.54) is 19.0 Å². The van der Waals surface area contributed by atoms with Crippen LogP contribution < -0.4 is 5.73 Å². The van der Waals surface area contributed by atoms with Crippen molar-refractivity contribution in [2.75, 3.05) is 39.0 Å². The minimum atomic E-state index is -0.129. The molecule has 2 N–H and O–H groups in total. The van der Waals surface area contributed by atoms with E-state index in [0.29, 0.717) is 23.8 Å². The molecule has 2 heterocycles. The summed E-state index contributed by atoms with van der Waals surface area (Å²) in [6.45, 7) is 7.86. The molecule has 1 saturated heterocycles. The van der Waals surface area contributed by atoms with Crippen LogP contribution in [-0.4, -0.2) is 58.9 Å². The Bertz CT molecular complexity index is 497. The second-order valence-corrected chi connectivity index (χ2v) is 5.96. The van der Waals surface area contributed by atoms with Gasteiger partial charge in [0.2, 0.25) is 0 Å². The Morgan fingerprint density at radius 3 is 2.71 bits per heavy atom. The maximum Gasteiger partial charge on any atom is 0.274 e. The first-order chi connectivity index (χ1) is 9.99. The van der Waals surface area contributed by atoms with Crippen molar-refractivity contribution in [3.63, 3.8) is 0 Å².